The summed E-state index contributed by atoms with van der Waals surface area (Å²) in [6, 6.07) is 0. The van der Waals surface area contributed by atoms with Crippen molar-refractivity contribution in [2.24, 2.45) is 22.4 Å². The summed E-state index contributed by atoms with van der Waals surface area (Å²) in [5.74, 6) is -0.179. The van der Waals surface area contributed by atoms with Crippen LogP contribution in [-0.2, 0) is 9.53 Å². The average Bonchev–Trinajstić information content (AvgIpc) is 2.63. The van der Waals surface area contributed by atoms with Crippen molar-refractivity contribution in [3.8, 4) is 0 Å². The molecule has 0 aromatic heterocycles. The van der Waals surface area contributed by atoms with Crippen molar-refractivity contribution in [1.29, 1.82) is 0 Å². The molecule has 0 amide bonds. The predicted octanol–water partition coefficient (Wildman–Crippen LogP) is 1.74. The van der Waals surface area contributed by atoms with Gasteiger partial charge in [-0.2, -0.15) is 0 Å². The molecule has 0 heterocycles. The van der Waals surface area contributed by atoms with E-state index < -0.39 is 0 Å². The molecular weight excluding hydrogens is 170 g/mol. The predicted molar refractivity (Wildman–Crippen MR) is 46.8 cm³/mol. The van der Waals surface area contributed by atoms with Crippen LogP contribution < -0.4 is 0 Å². The summed E-state index contributed by atoms with van der Waals surface area (Å²) < 4.78 is 4.65. The molecule has 5 nitrogen and oxygen atoms in total. The van der Waals surface area contributed by atoms with Crippen LogP contribution in [0.25, 0.3) is 10.4 Å². The topological polar surface area (TPSA) is 75.1 Å². The van der Waals surface area contributed by atoms with Gasteiger partial charge in [0.15, 0.2) is 0 Å². The molecule has 2 atom stereocenters. The summed E-state index contributed by atoms with van der Waals surface area (Å²) in [4.78, 5) is 13.9. The normalized spacial score (nSPS) is 28.8. The average molecular weight is 183 g/mol. The highest BCUT2D eigenvalue weighted by Crippen LogP contribution is 2.58. The van der Waals surface area contributed by atoms with Gasteiger partial charge < -0.3 is 4.74 Å². The molecule has 0 aromatic carbocycles. The van der Waals surface area contributed by atoms with Gasteiger partial charge in [0.2, 0.25) is 0 Å². The van der Waals surface area contributed by atoms with Crippen molar-refractivity contribution in [3.05, 3.63) is 10.4 Å². The Kier molecular flexibility index (Phi) is 2.48. The molecule has 5 heteroatoms. The number of esters is 1. The fraction of sp³-hybridized carbons (Fsp3) is 0.875. The van der Waals surface area contributed by atoms with Crippen LogP contribution in [0.3, 0.4) is 0 Å². The summed E-state index contributed by atoms with van der Waals surface area (Å²) in [7, 11) is 1.38. The maximum Gasteiger partial charge on any atom is 0.309 e. The number of hydrogen-bond donors (Lipinski definition) is 0. The van der Waals surface area contributed by atoms with Gasteiger partial charge in [-0.15, -0.1) is 0 Å². The molecule has 72 valence electrons. The quantitative estimate of drug-likeness (QED) is 0.289. The van der Waals surface area contributed by atoms with E-state index in [1.165, 1.54) is 7.11 Å². The standard InChI is InChI=1S/C8H13N3O2/c1-8(2)5(4-10-11-9)6(8)7(12)13-3/h5-6H,4H2,1-3H3/t5-,6-/m0/s1. The molecule has 0 bridgehead atoms. The Bertz CT molecular complexity index is 269. The number of carbonyl (C=O) groups is 1. The molecule has 1 fully saturated rings. The lowest BCUT2D eigenvalue weighted by Crippen LogP contribution is -2.07. The van der Waals surface area contributed by atoms with Gasteiger partial charge in [-0.1, -0.05) is 19.0 Å². The van der Waals surface area contributed by atoms with Crippen LogP contribution in [0.15, 0.2) is 5.11 Å². The zero-order valence-corrected chi connectivity index (χ0v) is 8.02. The Morgan fingerprint density at radius 1 is 1.69 bits per heavy atom. The SMILES string of the molecule is COC(=O)[C@@H]1[C@H](CN=[N+]=[N-])C1(C)C. The van der Waals surface area contributed by atoms with Crippen LogP contribution in [0.1, 0.15) is 13.8 Å². The molecule has 0 aromatic rings. The number of methoxy groups -OCH3 is 1. The van der Waals surface area contributed by atoms with Crippen LogP contribution in [0, 0.1) is 17.3 Å². The third-order valence-corrected chi connectivity index (χ3v) is 2.85. The smallest absolute Gasteiger partial charge is 0.309 e. The largest absolute Gasteiger partial charge is 0.469 e. The number of rotatable bonds is 3. The first-order chi connectivity index (χ1) is 6.05. The molecule has 1 aliphatic rings. The fourth-order valence-electron chi connectivity index (χ4n) is 1.80. The maximum absolute atomic E-state index is 11.2. The van der Waals surface area contributed by atoms with Crippen molar-refractivity contribution in [3.63, 3.8) is 0 Å². The van der Waals surface area contributed by atoms with Gasteiger partial charge in [-0.3, -0.25) is 4.79 Å². The molecule has 0 spiro atoms. The van der Waals surface area contributed by atoms with Gasteiger partial charge in [-0.25, -0.2) is 0 Å². The summed E-state index contributed by atoms with van der Waals surface area (Å²) in [5, 5.41) is 3.47. The molecule has 13 heavy (non-hydrogen) atoms. The van der Waals surface area contributed by atoms with Gasteiger partial charge in [0, 0.05) is 11.5 Å². The maximum atomic E-state index is 11.2. The lowest BCUT2D eigenvalue weighted by molar-refractivity contribution is -0.143. The van der Waals surface area contributed by atoms with Crippen molar-refractivity contribution in [2.45, 2.75) is 13.8 Å². The van der Waals surface area contributed by atoms with Crippen molar-refractivity contribution < 1.29 is 9.53 Å². The second-order valence-corrected chi connectivity index (χ2v) is 3.84. The highest BCUT2D eigenvalue weighted by Gasteiger charge is 2.61. The van der Waals surface area contributed by atoms with E-state index in [1.807, 2.05) is 13.8 Å². The van der Waals surface area contributed by atoms with Gasteiger partial charge >= 0.3 is 5.97 Å². The Hall–Kier alpha value is -1.22. The molecule has 1 aliphatic carbocycles. The highest BCUT2D eigenvalue weighted by atomic mass is 16.5. The Morgan fingerprint density at radius 3 is 2.77 bits per heavy atom. The van der Waals surface area contributed by atoms with E-state index in [0.29, 0.717) is 6.54 Å². The number of hydrogen-bond acceptors (Lipinski definition) is 3. The molecule has 0 radical (unpaired) electrons. The van der Waals surface area contributed by atoms with Crippen molar-refractivity contribution in [1.82, 2.24) is 0 Å². The molecule has 1 saturated carbocycles. The molecule has 0 N–H and O–H groups in total. The van der Waals surface area contributed by atoms with Crippen LogP contribution >= 0.6 is 0 Å². The molecule has 0 unspecified atom stereocenters. The first-order valence-electron chi connectivity index (χ1n) is 4.14. The van der Waals surface area contributed by atoms with E-state index >= 15 is 0 Å². The number of ether oxygens (including phenoxy) is 1. The fourth-order valence-corrected chi connectivity index (χ4v) is 1.80. The molecule has 0 aliphatic heterocycles. The van der Waals surface area contributed by atoms with Gasteiger partial charge in [-0.05, 0) is 16.9 Å². The van der Waals surface area contributed by atoms with E-state index in [4.69, 9.17) is 5.53 Å². The first kappa shape index (κ1) is 9.86. The lowest BCUT2D eigenvalue weighted by atomic mass is 10.1. The lowest BCUT2D eigenvalue weighted by Gasteiger charge is -1.99. The number of carbonyl (C=O) groups excluding carboxylic acids is 1. The minimum absolute atomic E-state index is 0.0821. The van der Waals surface area contributed by atoms with Gasteiger partial charge in [0.25, 0.3) is 0 Å². The third kappa shape index (κ3) is 1.60. The summed E-state index contributed by atoms with van der Waals surface area (Å²) in [6.07, 6.45) is 0. The van der Waals surface area contributed by atoms with Crippen LogP contribution in [0.2, 0.25) is 0 Å². The zero-order chi connectivity index (χ0) is 10.1. The number of nitrogens with zero attached hydrogens (tertiary/aromatic N) is 3. The molecular formula is C8H13N3O2. The van der Waals surface area contributed by atoms with E-state index in [9.17, 15) is 4.79 Å². The van der Waals surface area contributed by atoms with Crippen molar-refractivity contribution in [2.75, 3.05) is 13.7 Å². The van der Waals surface area contributed by atoms with E-state index in [2.05, 4.69) is 14.8 Å². The number of azide groups is 1. The van der Waals surface area contributed by atoms with Crippen molar-refractivity contribution >= 4 is 5.97 Å². The Labute approximate surface area is 76.7 Å². The highest BCUT2D eigenvalue weighted by molar-refractivity contribution is 5.77. The van der Waals surface area contributed by atoms with E-state index in [-0.39, 0.29) is 23.2 Å². The summed E-state index contributed by atoms with van der Waals surface area (Å²) >= 11 is 0. The van der Waals surface area contributed by atoms with Crippen LogP contribution in [0.4, 0.5) is 0 Å². The second kappa shape index (κ2) is 3.26. The second-order valence-electron chi connectivity index (χ2n) is 3.84. The summed E-state index contributed by atoms with van der Waals surface area (Å²) in [6.45, 7) is 4.33. The van der Waals surface area contributed by atoms with E-state index in [1.54, 1.807) is 0 Å². The van der Waals surface area contributed by atoms with Crippen LogP contribution in [0.5, 0.6) is 0 Å². The zero-order valence-electron chi connectivity index (χ0n) is 8.02. The minimum Gasteiger partial charge on any atom is -0.469 e. The Morgan fingerprint density at radius 2 is 2.31 bits per heavy atom. The monoisotopic (exact) mass is 183 g/mol. The van der Waals surface area contributed by atoms with Gasteiger partial charge in [0.05, 0.1) is 13.0 Å². The first-order valence-corrected chi connectivity index (χ1v) is 4.14. The third-order valence-electron chi connectivity index (χ3n) is 2.85. The summed E-state index contributed by atoms with van der Waals surface area (Å²) in [5.41, 5.74) is 8.06. The van der Waals surface area contributed by atoms with Crippen LogP contribution in [-0.4, -0.2) is 19.6 Å². The minimum atomic E-state index is -0.205. The molecule has 0 saturated heterocycles. The Balaban J connectivity index is 2.60. The van der Waals surface area contributed by atoms with E-state index in [0.717, 1.165) is 0 Å². The molecule has 1 rings (SSSR count). The van der Waals surface area contributed by atoms with Gasteiger partial charge in [0.1, 0.15) is 0 Å².